The molecule has 0 saturated carbocycles. The third-order valence-corrected chi connectivity index (χ3v) is 3.51. The highest BCUT2D eigenvalue weighted by molar-refractivity contribution is 6.17. The van der Waals surface area contributed by atoms with Crippen LogP contribution in [0.4, 0.5) is 5.69 Å². The van der Waals surface area contributed by atoms with Gasteiger partial charge in [0.1, 0.15) is 11.3 Å². The van der Waals surface area contributed by atoms with Crippen molar-refractivity contribution in [2.45, 2.75) is 0 Å². The van der Waals surface area contributed by atoms with Crippen LogP contribution in [0.5, 0.6) is 0 Å². The number of nitrogens with one attached hydrogen (secondary N) is 2. The number of amides is 1. The summed E-state index contributed by atoms with van der Waals surface area (Å²) in [6.07, 6.45) is 3.39. The first-order valence-electron chi connectivity index (χ1n) is 7.19. The van der Waals surface area contributed by atoms with Crippen LogP contribution < -0.4 is 10.6 Å². The summed E-state index contributed by atoms with van der Waals surface area (Å²) in [6.45, 7) is 0. The van der Waals surface area contributed by atoms with E-state index < -0.39 is 0 Å². The normalized spacial score (nSPS) is 15.7. The van der Waals surface area contributed by atoms with E-state index in [1.807, 2.05) is 54.6 Å². The minimum absolute atomic E-state index is 0.226. The zero-order valence-corrected chi connectivity index (χ0v) is 12.1. The molecule has 5 nitrogen and oxygen atoms in total. The molecule has 23 heavy (non-hydrogen) atoms. The Morgan fingerprint density at radius 2 is 1.96 bits per heavy atom. The van der Waals surface area contributed by atoms with Crippen molar-refractivity contribution in [3.63, 3.8) is 0 Å². The van der Waals surface area contributed by atoms with Crippen molar-refractivity contribution in [2.75, 3.05) is 5.32 Å². The smallest absolute Gasteiger partial charge is 0.276 e. The second-order valence-corrected chi connectivity index (χ2v) is 5.15. The Kier molecular flexibility index (Phi) is 3.16. The summed E-state index contributed by atoms with van der Waals surface area (Å²) in [4.78, 5) is 16.4. The Balaban J connectivity index is 1.61. The number of aliphatic imine (C=N–C) groups is 1. The highest BCUT2D eigenvalue weighted by atomic mass is 16.3. The quantitative estimate of drug-likeness (QED) is 0.713. The van der Waals surface area contributed by atoms with Crippen molar-refractivity contribution in [3.8, 4) is 0 Å². The summed E-state index contributed by atoms with van der Waals surface area (Å²) in [5.41, 5.74) is 2.95. The molecule has 3 aromatic rings. The van der Waals surface area contributed by atoms with Crippen molar-refractivity contribution in [2.24, 2.45) is 4.99 Å². The maximum absolute atomic E-state index is 12.0. The van der Waals surface area contributed by atoms with Crippen molar-refractivity contribution < 1.29 is 9.21 Å². The van der Waals surface area contributed by atoms with E-state index in [0.717, 1.165) is 22.2 Å². The molecule has 1 aliphatic rings. The number of carbonyl (C=O) groups is 1. The fraction of sp³-hybridized carbons (Fsp3) is 0. The van der Waals surface area contributed by atoms with Gasteiger partial charge in [0.25, 0.3) is 5.91 Å². The molecule has 0 bridgehead atoms. The summed E-state index contributed by atoms with van der Waals surface area (Å²) in [5.74, 6) is 0.201. The summed E-state index contributed by atoms with van der Waals surface area (Å²) < 4.78 is 5.31. The van der Waals surface area contributed by atoms with E-state index >= 15 is 0 Å². The molecule has 5 heteroatoms. The minimum atomic E-state index is -0.226. The zero-order valence-electron chi connectivity index (χ0n) is 12.1. The molecule has 2 aromatic carbocycles. The van der Waals surface area contributed by atoms with Gasteiger partial charge in [0.05, 0.1) is 6.26 Å². The van der Waals surface area contributed by atoms with Crippen LogP contribution in [0, 0.1) is 0 Å². The van der Waals surface area contributed by atoms with E-state index in [0.29, 0.717) is 11.7 Å². The Morgan fingerprint density at radius 3 is 2.83 bits per heavy atom. The summed E-state index contributed by atoms with van der Waals surface area (Å²) >= 11 is 0. The Labute approximate surface area is 132 Å². The Bertz CT molecular complexity index is 939. The number of para-hydroxylation sites is 1. The van der Waals surface area contributed by atoms with Crippen LogP contribution in [-0.2, 0) is 4.79 Å². The number of anilines is 1. The van der Waals surface area contributed by atoms with Crippen LogP contribution in [0.2, 0.25) is 0 Å². The van der Waals surface area contributed by atoms with Gasteiger partial charge < -0.3 is 9.73 Å². The average molecular weight is 303 g/mol. The van der Waals surface area contributed by atoms with Crippen molar-refractivity contribution in [1.82, 2.24) is 5.32 Å². The molecule has 1 aliphatic heterocycles. The lowest BCUT2D eigenvalue weighted by Crippen LogP contribution is -2.29. The van der Waals surface area contributed by atoms with Crippen LogP contribution in [0.15, 0.2) is 76.0 Å². The van der Waals surface area contributed by atoms with E-state index in [9.17, 15) is 4.79 Å². The number of nitrogens with zero attached hydrogens (tertiary/aromatic N) is 1. The molecule has 4 rings (SSSR count). The fourth-order valence-corrected chi connectivity index (χ4v) is 2.42. The van der Waals surface area contributed by atoms with Crippen molar-refractivity contribution in [1.29, 1.82) is 0 Å². The second-order valence-electron chi connectivity index (χ2n) is 5.15. The standard InChI is InChI=1S/C18H13N3O2/c22-17-15(11-12-6-7-16-13(10-12)8-9-23-16)20-18(21-17)19-14-4-2-1-3-5-14/h1-11H,(H2,19,20,21,22)/b15-11-. The van der Waals surface area contributed by atoms with Gasteiger partial charge >= 0.3 is 0 Å². The highest BCUT2D eigenvalue weighted by Crippen LogP contribution is 2.20. The fourth-order valence-electron chi connectivity index (χ4n) is 2.42. The van der Waals surface area contributed by atoms with Crippen molar-refractivity contribution >= 4 is 34.6 Å². The van der Waals surface area contributed by atoms with Gasteiger partial charge in [-0.1, -0.05) is 24.3 Å². The molecule has 2 heterocycles. The minimum Gasteiger partial charge on any atom is -0.464 e. The van der Waals surface area contributed by atoms with E-state index in [1.54, 1.807) is 12.3 Å². The number of guanidine groups is 1. The lowest BCUT2D eigenvalue weighted by molar-refractivity contribution is -0.115. The van der Waals surface area contributed by atoms with E-state index in [1.165, 1.54) is 0 Å². The molecular formula is C18H13N3O2. The molecule has 0 radical (unpaired) electrons. The van der Waals surface area contributed by atoms with Crippen LogP contribution in [-0.4, -0.2) is 11.9 Å². The molecule has 112 valence electrons. The SMILES string of the molecule is O=C1NC(Nc2ccccc2)=N/C1=C\c1ccc2occc2c1. The van der Waals surface area contributed by atoms with Gasteiger partial charge in [-0.05, 0) is 42.0 Å². The Morgan fingerprint density at radius 1 is 1.09 bits per heavy atom. The number of hydrogen-bond donors (Lipinski definition) is 2. The lowest BCUT2D eigenvalue weighted by atomic mass is 10.1. The van der Waals surface area contributed by atoms with E-state index in [-0.39, 0.29) is 5.91 Å². The molecule has 0 unspecified atom stereocenters. The zero-order chi connectivity index (χ0) is 15.6. The summed E-state index contributed by atoms with van der Waals surface area (Å²) in [7, 11) is 0. The summed E-state index contributed by atoms with van der Waals surface area (Å²) in [5, 5.41) is 6.78. The monoisotopic (exact) mass is 303 g/mol. The molecule has 0 atom stereocenters. The number of carbonyl (C=O) groups excluding carboxylic acids is 1. The molecule has 0 fully saturated rings. The first-order chi connectivity index (χ1) is 11.3. The molecule has 0 spiro atoms. The molecular weight excluding hydrogens is 290 g/mol. The largest absolute Gasteiger partial charge is 0.464 e. The average Bonchev–Trinajstić information content (AvgIpc) is 3.15. The molecule has 0 saturated heterocycles. The highest BCUT2D eigenvalue weighted by Gasteiger charge is 2.20. The van der Waals surface area contributed by atoms with Crippen LogP contribution in [0.1, 0.15) is 5.56 Å². The predicted octanol–water partition coefficient (Wildman–Crippen LogP) is 3.37. The number of rotatable bonds is 2. The molecule has 0 aliphatic carbocycles. The van der Waals surface area contributed by atoms with Crippen LogP contribution >= 0.6 is 0 Å². The number of furan rings is 1. The molecule has 1 amide bonds. The van der Waals surface area contributed by atoms with Gasteiger partial charge in [-0.3, -0.25) is 10.1 Å². The maximum atomic E-state index is 12.0. The van der Waals surface area contributed by atoms with Gasteiger partial charge in [0, 0.05) is 11.1 Å². The Hall–Kier alpha value is -3.34. The van der Waals surface area contributed by atoms with Gasteiger partial charge in [0.15, 0.2) is 0 Å². The van der Waals surface area contributed by atoms with Crippen LogP contribution in [0.3, 0.4) is 0 Å². The molecule has 1 aromatic heterocycles. The third kappa shape index (κ3) is 2.72. The van der Waals surface area contributed by atoms with Gasteiger partial charge in [-0.25, -0.2) is 4.99 Å². The first-order valence-corrected chi connectivity index (χ1v) is 7.19. The van der Waals surface area contributed by atoms with Crippen molar-refractivity contribution in [3.05, 3.63) is 72.1 Å². The second kappa shape index (κ2) is 5.46. The topological polar surface area (TPSA) is 66.6 Å². The van der Waals surface area contributed by atoms with Gasteiger partial charge in [0.2, 0.25) is 5.96 Å². The van der Waals surface area contributed by atoms with Crippen LogP contribution in [0.25, 0.3) is 17.0 Å². The first kappa shape index (κ1) is 13.3. The van der Waals surface area contributed by atoms with Gasteiger partial charge in [-0.2, -0.15) is 0 Å². The maximum Gasteiger partial charge on any atom is 0.276 e. The number of fused-ring (bicyclic) bond motifs is 1. The predicted molar refractivity (Wildman–Crippen MR) is 89.8 cm³/mol. The van der Waals surface area contributed by atoms with E-state index in [4.69, 9.17) is 4.42 Å². The number of benzene rings is 2. The molecule has 2 N–H and O–H groups in total. The van der Waals surface area contributed by atoms with Gasteiger partial charge in [-0.15, -0.1) is 0 Å². The lowest BCUT2D eigenvalue weighted by Gasteiger charge is -2.03. The summed E-state index contributed by atoms with van der Waals surface area (Å²) in [6, 6.07) is 17.2. The number of hydrogen-bond acceptors (Lipinski definition) is 4. The third-order valence-electron chi connectivity index (χ3n) is 3.51. The van der Waals surface area contributed by atoms with E-state index in [2.05, 4.69) is 15.6 Å².